The summed E-state index contributed by atoms with van der Waals surface area (Å²) in [5.74, 6) is -1.20. The van der Waals surface area contributed by atoms with Gasteiger partial charge in [-0.05, 0) is 25.5 Å². The van der Waals surface area contributed by atoms with Crippen molar-refractivity contribution in [3.8, 4) is 0 Å². The molecule has 0 aromatic heterocycles. The summed E-state index contributed by atoms with van der Waals surface area (Å²) >= 11 is 0. The molecule has 1 aromatic carbocycles. The third-order valence-corrected chi connectivity index (χ3v) is 3.64. The molecule has 102 valence electrons. The lowest BCUT2D eigenvalue weighted by Gasteiger charge is -2.23. The second-order valence-electron chi connectivity index (χ2n) is 5.05. The van der Waals surface area contributed by atoms with Gasteiger partial charge in [0, 0.05) is 13.1 Å². The number of rotatable bonds is 3. The van der Waals surface area contributed by atoms with Gasteiger partial charge in [0.05, 0.1) is 23.8 Å². The van der Waals surface area contributed by atoms with E-state index < -0.39 is 17.4 Å². The summed E-state index contributed by atoms with van der Waals surface area (Å²) in [6, 6.07) is 7.11. The van der Waals surface area contributed by atoms with Crippen molar-refractivity contribution in [3.63, 3.8) is 0 Å². The zero-order valence-corrected chi connectivity index (χ0v) is 11.0. The van der Waals surface area contributed by atoms with Crippen molar-refractivity contribution >= 4 is 17.6 Å². The standard InChI is InChI=1S/C14H17NO4/c1-14(13(17)18)7-8-15(9-14)11-6-4-3-5-10(11)12(16)19-2/h3-6H,7-9H2,1-2H3,(H,17,18). The Bertz CT molecular complexity index is 514. The Balaban J connectivity index is 2.30. The number of hydrogen-bond donors (Lipinski definition) is 1. The quantitative estimate of drug-likeness (QED) is 0.842. The Morgan fingerprint density at radius 3 is 2.63 bits per heavy atom. The maximum Gasteiger partial charge on any atom is 0.339 e. The van der Waals surface area contributed by atoms with E-state index >= 15 is 0 Å². The van der Waals surface area contributed by atoms with Gasteiger partial charge in [-0.3, -0.25) is 4.79 Å². The maximum absolute atomic E-state index is 11.7. The van der Waals surface area contributed by atoms with Crippen LogP contribution in [0.15, 0.2) is 24.3 Å². The molecule has 0 radical (unpaired) electrons. The molecule has 2 rings (SSSR count). The second-order valence-corrected chi connectivity index (χ2v) is 5.05. The molecule has 0 saturated carbocycles. The molecule has 0 aliphatic carbocycles. The molecule has 1 unspecified atom stereocenters. The molecule has 5 heteroatoms. The largest absolute Gasteiger partial charge is 0.481 e. The number of benzene rings is 1. The van der Waals surface area contributed by atoms with Gasteiger partial charge in [0.1, 0.15) is 0 Å². The van der Waals surface area contributed by atoms with Crippen LogP contribution in [0.2, 0.25) is 0 Å². The monoisotopic (exact) mass is 263 g/mol. The smallest absolute Gasteiger partial charge is 0.339 e. The van der Waals surface area contributed by atoms with Crippen LogP contribution in [-0.4, -0.2) is 37.2 Å². The molecule has 1 fully saturated rings. The molecule has 5 nitrogen and oxygen atoms in total. The van der Waals surface area contributed by atoms with Gasteiger partial charge in [0.2, 0.25) is 0 Å². The Labute approximate surface area is 111 Å². The summed E-state index contributed by atoms with van der Waals surface area (Å²) in [6.07, 6.45) is 0.567. The van der Waals surface area contributed by atoms with Crippen LogP contribution in [0.25, 0.3) is 0 Å². The van der Waals surface area contributed by atoms with Crippen LogP contribution in [0.1, 0.15) is 23.7 Å². The fourth-order valence-electron chi connectivity index (χ4n) is 2.37. The highest BCUT2D eigenvalue weighted by atomic mass is 16.5. The first-order chi connectivity index (χ1) is 8.98. The molecule has 0 bridgehead atoms. The van der Waals surface area contributed by atoms with E-state index in [0.29, 0.717) is 25.1 Å². The van der Waals surface area contributed by atoms with E-state index in [0.717, 1.165) is 5.69 Å². The predicted octanol–water partition coefficient (Wildman–Crippen LogP) is 1.77. The highest BCUT2D eigenvalue weighted by Gasteiger charge is 2.41. The minimum Gasteiger partial charge on any atom is -0.481 e. The number of carboxylic acid groups (broad SMARTS) is 1. The lowest BCUT2D eigenvalue weighted by Crippen LogP contribution is -2.32. The average Bonchev–Trinajstić information content (AvgIpc) is 2.82. The zero-order valence-electron chi connectivity index (χ0n) is 11.0. The predicted molar refractivity (Wildman–Crippen MR) is 70.4 cm³/mol. The number of carbonyl (C=O) groups excluding carboxylic acids is 1. The molecule has 1 atom stereocenters. The second kappa shape index (κ2) is 4.91. The Hall–Kier alpha value is -2.04. The molecular weight excluding hydrogens is 246 g/mol. The lowest BCUT2D eigenvalue weighted by molar-refractivity contribution is -0.146. The van der Waals surface area contributed by atoms with Gasteiger partial charge in [-0.1, -0.05) is 12.1 Å². The van der Waals surface area contributed by atoms with E-state index in [-0.39, 0.29) is 0 Å². The number of para-hydroxylation sites is 1. The summed E-state index contributed by atoms with van der Waals surface area (Å²) < 4.78 is 4.75. The molecule has 1 heterocycles. The van der Waals surface area contributed by atoms with Crippen LogP contribution in [0.3, 0.4) is 0 Å². The number of nitrogens with zero attached hydrogens (tertiary/aromatic N) is 1. The number of hydrogen-bond acceptors (Lipinski definition) is 4. The van der Waals surface area contributed by atoms with Gasteiger partial charge in [-0.25, -0.2) is 4.79 Å². The maximum atomic E-state index is 11.7. The Morgan fingerprint density at radius 1 is 1.37 bits per heavy atom. The number of ether oxygens (including phenoxy) is 1. The first-order valence-corrected chi connectivity index (χ1v) is 6.13. The molecule has 1 aromatic rings. The number of carbonyl (C=O) groups is 2. The van der Waals surface area contributed by atoms with Crippen LogP contribution in [0.4, 0.5) is 5.69 Å². The highest BCUT2D eigenvalue weighted by Crippen LogP contribution is 2.34. The summed E-state index contributed by atoms with van der Waals surface area (Å²) in [7, 11) is 1.34. The van der Waals surface area contributed by atoms with Gasteiger partial charge in [-0.2, -0.15) is 0 Å². The fourth-order valence-corrected chi connectivity index (χ4v) is 2.37. The number of esters is 1. The first kappa shape index (κ1) is 13.4. The van der Waals surface area contributed by atoms with Crippen molar-refractivity contribution in [2.45, 2.75) is 13.3 Å². The van der Waals surface area contributed by atoms with Crippen molar-refractivity contribution in [1.82, 2.24) is 0 Å². The van der Waals surface area contributed by atoms with Crippen molar-refractivity contribution in [2.75, 3.05) is 25.1 Å². The minimum absolute atomic E-state index is 0.399. The van der Waals surface area contributed by atoms with Gasteiger partial charge in [0.15, 0.2) is 0 Å². The molecular formula is C14H17NO4. The molecule has 1 aliphatic rings. The molecule has 19 heavy (non-hydrogen) atoms. The lowest BCUT2D eigenvalue weighted by atomic mass is 9.90. The first-order valence-electron chi connectivity index (χ1n) is 6.13. The Kier molecular flexibility index (Phi) is 3.46. The molecule has 1 saturated heterocycles. The third-order valence-electron chi connectivity index (χ3n) is 3.64. The van der Waals surface area contributed by atoms with Crippen LogP contribution in [-0.2, 0) is 9.53 Å². The van der Waals surface area contributed by atoms with Crippen molar-refractivity contribution in [3.05, 3.63) is 29.8 Å². The Morgan fingerprint density at radius 2 is 2.05 bits per heavy atom. The van der Waals surface area contributed by atoms with E-state index in [4.69, 9.17) is 4.74 Å². The van der Waals surface area contributed by atoms with Crippen LogP contribution >= 0.6 is 0 Å². The number of methoxy groups -OCH3 is 1. The molecule has 0 spiro atoms. The van der Waals surface area contributed by atoms with Gasteiger partial charge < -0.3 is 14.7 Å². The summed E-state index contributed by atoms with van der Waals surface area (Å²) in [5.41, 5.74) is 0.447. The minimum atomic E-state index is -0.800. The zero-order chi connectivity index (χ0) is 14.0. The van der Waals surface area contributed by atoms with E-state index in [1.807, 2.05) is 17.0 Å². The summed E-state index contributed by atoms with van der Waals surface area (Å²) in [5, 5.41) is 9.24. The summed E-state index contributed by atoms with van der Waals surface area (Å²) in [4.78, 5) is 24.9. The molecule has 1 N–H and O–H groups in total. The van der Waals surface area contributed by atoms with Crippen LogP contribution in [0.5, 0.6) is 0 Å². The number of anilines is 1. The van der Waals surface area contributed by atoms with E-state index in [2.05, 4.69) is 0 Å². The fraction of sp³-hybridized carbons (Fsp3) is 0.429. The molecule has 1 aliphatic heterocycles. The van der Waals surface area contributed by atoms with Gasteiger partial charge in [0.25, 0.3) is 0 Å². The van der Waals surface area contributed by atoms with Crippen molar-refractivity contribution in [1.29, 1.82) is 0 Å². The topological polar surface area (TPSA) is 66.8 Å². The molecule has 0 amide bonds. The van der Waals surface area contributed by atoms with Crippen molar-refractivity contribution < 1.29 is 19.4 Å². The van der Waals surface area contributed by atoms with E-state index in [1.165, 1.54) is 7.11 Å². The van der Waals surface area contributed by atoms with Crippen molar-refractivity contribution in [2.24, 2.45) is 5.41 Å². The summed E-state index contributed by atoms with van der Waals surface area (Å²) in [6.45, 7) is 2.75. The van der Waals surface area contributed by atoms with Crippen LogP contribution in [0, 0.1) is 5.41 Å². The van der Waals surface area contributed by atoms with Gasteiger partial charge >= 0.3 is 11.9 Å². The number of aliphatic carboxylic acids is 1. The van der Waals surface area contributed by atoms with E-state index in [1.54, 1.807) is 19.1 Å². The third kappa shape index (κ3) is 2.41. The SMILES string of the molecule is COC(=O)c1ccccc1N1CCC(C)(C(=O)O)C1. The van der Waals surface area contributed by atoms with Crippen LogP contribution < -0.4 is 4.90 Å². The number of carboxylic acids is 1. The normalized spacial score (nSPS) is 22.3. The average molecular weight is 263 g/mol. The highest BCUT2D eigenvalue weighted by molar-refractivity contribution is 5.96. The van der Waals surface area contributed by atoms with Gasteiger partial charge in [-0.15, -0.1) is 0 Å². The van der Waals surface area contributed by atoms with E-state index in [9.17, 15) is 14.7 Å².